The average Bonchev–Trinajstić information content (AvgIpc) is 3.24. The molecule has 0 unspecified atom stereocenters. The fraction of sp³-hybridized carbons (Fsp3) is 0.500. The third-order valence-corrected chi connectivity index (χ3v) is 5.34. The lowest BCUT2D eigenvalue weighted by Crippen LogP contribution is -2.34. The first-order chi connectivity index (χ1) is 14.1. The minimum absolute atomic E-state index is 0.0748. The first kappa shape index (κ1) is 20.9. The second-order valence-electron chi connectivity index (χ2n) is 6.28. The van der Waals surface area contributed by atoms with Crippen LogP contribution in [-0.4, -0.2) is 58.6 Å². The third kappa shape index (κ3) is 5.37. The Kier molecular flexibility index (Phi) is 7.28. The topological polar surface area (TPSA) is 115 Å². The molecule has 11 heteroatoms. The first-order valence-electron chi connectivity index (χ1n) is 9.35. The predicted octanol–water partition coefficient (Wildman–Crippen LogP) is 2.49. The molecule has 10 nitrogen and oxygen atoms in total. The van der Waals surface area contributed by atoms with E-state index in [1.165, 1.54) is 12.6 Å². The van der Waals surface area contributed by atoms with Gasteiger partial charge in [-0.25, -0.2) is 9.97 Å². The second kappa shape index (κ2) is 10.1. The highest BCUT2D eigenvalue weighted by atomic mass is 32.2. The lowest BCUT2D eigenvalue weighted by molar-refractivity contribution is -0.383. The predicted molar refractivity (Wildman–Crippen MR) is 109 cm³/mol. The maximum Gasteiger partial charge on any atom is 0.353 e. The molecule has 156 valence electrons. The maximum atomic E-state index is 12.0. The van der Waals surface area contributed by atoms with E-state index >= 15 is 0 Å². The Balaban J connectivity index is 1.94. The number of nitro groups is 1. The van der Waals surface area contributed by atoms with Crippen molar-refractivity contribution in [1.29, 1.82) is 0 Å². The Morgan fingerprint density at radius 2 is 2.21 bits per heavy atom. The molecular weight excluding hydrogens is 398 g/mol. The summed E-state index contributed by atoms with van der Waals surface area (Å²) in [6.07, 6.45) is 2.94. The summed E-state index contributed by atoms with van der Waals surface area (Å²) in [4.78, 5) is 35.4. The zero-order valence-corrected chi connectivity index (χ0v) is 17.0. The van der Waals surface area contributed by atoms with Crippen molar-refractivity contribution in [1.82, 2.24) is 9.97 Å². The van der Waals surface area contributed by atoms with E-state index in [0.29, 0.717) is 24.7 Å². The van der Waals surface area contributed by atoms with E-state index in [0.717, 1.165) is 11.5 Å². The van der Waals surface area contributed by atoms with Gasteiger partial charge in [0.15, 0.2) is 0 Å². The lowest BCUT2D eigenvalue weighted by atomic mass is 10.3. The fourth-order valence-electron chi connectivity index (χ4n) is 3.07. The normalized spacial score (nSPS) is 13.9. The van der Waals surface area contributed by atoms with E-state index in [9.17, 15) is 14.9 Å². The monoisotopic (exact) mass is 421 g/mol. The van der Waals surface area contributed by atoms with E-state index in [2.05, 4.69) is 9.97 Å². The summed E-state index contributed by atoms with van der Waals surface area (Å²) in [6.45, 7) is 3.82. The van der Waals surface area contributed by atoms with Crippen molar-refractivity contribution >= 4 is 35.1 Å². The molecule has 0 N–H and O–H groups in total. The van der Waals surface area contributed by atoms with Gasteiger partial charge >= 0.3 is 11.7 Å². The number of nitrogens with zero attached hydrogens (tertiary/aromatic N) is 5. The van der Waals surface area contributed by atoms with Gasteiger partial charge in [0.2, 0.25) is 11.6 Å². The molecule has 0 atom stereocenters. The van der Waals surface area contributed by atoms with Crippen molar-refractivity contribution in [2.75, 3.05) is 47.5 Å². The van der Waals surface area contributed by atoms with Crippen molar-refractivity contribution in [3.8, 4) is 0 Å². The molecule has 0 bridgehead atoms. The molecule has 1 saturated heterocycles. The van der Waals surface area contributed by atoms with Crippen LogP contribution < -0.4 is 9.80 Å². The lowest BCUT2D eigenvalue weighted by Gasteiger charge is -2.28. The number of anilines is 2. The largest absolute Gasteiger partial charge is 0.467 e. The van der Waals surface area contributed by atoms with Crippen LogP contribution >= 0.6 is 11.8 Å². The van der Waals surface area contributed by atoms with Crippen molar-refractivity contribution in [3.05, 3.63) is 40.6 Å². The fourth-order valence-corrected chi connectivity index (χ4v) is 3.97. The van der Waals surface area contributed by atoms with Crippen LogP contribution in [0.3, 0.4) is 0 Å². The van der Waals surface area contributed by atoms with Gasteiger partial charge in [0, 0.05) is 31.1 Å². The standard InChI is InChI=1S/C18H23N5O5S/c1-2-27-15(24)5-6-22(12-14-4-3-9-28-14)18-16(23(25)26)17(19-13-20-18)21-7-10-29-11-8-21/h3-4,9,13H,2,5-8,10-12H2,1H3. The van der Waals surface area contributed by atoms with Gasteiger partial charge in [0.05, 0.1) is 30.8 Å². The summed E-state index contributed by atoms with van der Waals surface area (Å²) in [7, 11) is 0. The number of carbonyl (C=O) groups is 1. The molecule has 1 fully saturated rings. The minimum Gasteiger partial charge on any atom is -0.467 e. The van der Waals surface area contributed by atoms with Crippen LogP contribution in [0.1, 0.15) is 19.1 Å². The molecule has 2 aromatic rings. The zero-order chi connectivity index (χ0) is 20.6. The van der Waals surface area contributed by atoms with E-state index in [4.69, 9.17) is 9.15 Å². The number of hydrogen-bond acceptors (Lipinski definition) is 10. The molecule has 0 saturated carbocycles. The van der Waals surface area contributed by atoms with Crippen LogP contribution in [0.2, 0.25) is 0 Å². The Morgan fingerprint density at radius 3 is 2.86 bits per heavy atom. The second-order valence-corrected chi connectivity index (χ2v) is 7.51. The van der Waals surface area contributed by atoms with E-state index in [1.54, 1.807) is 24.0 Å². The van der Waals surface area contributed by atoms with Gasteiger partial charge in [-0.2, -0.15) is 11.8 Å². The molecule has 3 heterocycles. The summed E-state index contributed by atoms with van der Waals surface area (Å²) in [5, 5.41) is 12.0. The number of hydrogen-bond donors (Lipinski definition) is 0. The van der Waals surface area contributed by atoms with Gasteiger partial charge in [0.25, 0.3) is 0 Å². The van der Waals surface area contributed by atoms with Crippen molar-refractivity contribution in [3.63, 3.8) is 0 Å². The van der Waals surface area contributed by atoms with Crippen LogP contribution in [0.25, 0.3) is 0 Å². The Labute approximate surface area is 172 Å². The number of rotatable bonds is 9. The molecule has 0 aromatic carbocycles. The molecule has 0 radical (unpaired) electrons. The number of thioether (sulfide) groups is 1. The third-order valence-electron chi connectivity index (χ3n) is 4.39. The number of carbonyl (C=O) groups excluding carboxylic acids is 1. The Morgan fingerprint density at radius 1 is 1.41 bits per heavy atom. The highest BCUT2D eigenvalue weighted by Crippen LogP contribution is 2.35. The maximum absolute atomic E-state index is 12.0. The summed E-state index contributed by atoms with van der Waals surface area (Å²) < 4.78 is 10.4. The molecule has 0 aliphatic carbocycles. The van der Waals surface area contributed by atoms with Gasteiger partial charge in [-0.15, -0.1) is 0 Å². The molecule has 0 amide bonds. The number of esters is 1. The summed E-state index contributed by atoms with van der Waals surface area (Å²) in [6, 6.07) is 3.51. The van der Waals surface area contributed by atoms with Gasteiger partial charge < -0.3 is 19.0 Å². The summed E-state index contributed by atoms with van der Waals surface area (Å²) in [5.41, 5.74) is -0.158. The van der Waals surface area contributed by atoms with Crippen molar-refractivity contribution in [2.24, 2.45) is 0 Å². The smallest absolute Gasteiger partial charge is 0.353 e. The number of aromatic nitrogens is 2. The number of ether oxygens (including phenoxy) is 1. The van der Waals surface area contributed by atoms with Gasteiger partial charge in [-0.1, -0.05) is 0 Å². The van der Waals surface area contributed by atoms with E-state index in [1.807, 2.05) is 16.7 Å². The average molecular weight is 421 g/mol. The molecule has 1 aliphatic rings. The van der Waals surface area contributed by atoms with Gasteiger partial charge in [-0.05, 0) is 19.1 Å². The quantitative estimate of drug-likeness (QED) is 0.340. The molecular formula is C18H23N5O5S. The summed E-state index contributed by atoms with van der Waals surface area (Å²) >= 11 is 1.81. The molecule has 0 spiro atoms. The highest BCUT2D eigenvalue weighted by Gasteiger charge is 2.31. The van der Waals surface area contributed by atoms with Gasteiger partial charge in [-0.3, -0.25) is 14.9 Å². The Bertz CT molecular complexity index is 826. The Hall–Kier alpha value is -2.82. The minimum atomic E-state index is -0.452. The first-order valence-corrected chi connectivity index (χ1v) is 10.5. The van der Waals surface area contributed by atoms with Crippen LogP contribution in [-0.2, 0) is 16.1 Å². The highest BCUT2D eigenvalue weighted by molar-refractivity contribution is 7.99. The molecule has 3 rings (SSSR count). The van der Waals surface area contributed by atoms with Crippen LogP contribution in [0, 0.1) is 10.1 Å². The number of furan rings is 1. The van der Waals surface area contributed by atoms with Crippen LogP contribution in [0.5, 0.6) is 0 Å². The SMILES string of the molecule is CCOC(=O)CCN(Cc1ccco1)c1ncnc(N2CCSCC2)c1[N+](=O)[O-]. The van der Waals surface area contributed by atoms with Gasteiger partial charge in [0.1, 0.15) is 12.1 Å². The molecule has 2 aromatic heterocycles. The van der Waals surface area contributed by atoms with Crippen LogP contribution in [0.15, 0.2) is 29.1 Å². The van der Waals surface area contributed by atoms with Crippen molar-refractivity contribution in [2.45, 2.75) is 19.9 Å². The van der Waals surface area contributed by atoms with E-state index < -0.39 is 4.92 Å². The zero-order valence-electron chi connectivity index (χ0n) is 16.2. The van der Waals surface area contributed by atoms with Crippen LogP contribution in [0.4, 0.5) is 17.3 Å². The molecule has 1 aliphatic heterocycles. The molecule has 29 heavy (non-hydrogen) atoms. The van der Waals surface area contributed by atoms with Crippen molar-refractivity contribution < 1.29 is 18.9 Å². The summed E-state index contributed by atoms with van der Waals surface area (Å²) in [5.74, 6) is 2.48. The van der Waals surface area contributed by atoms with E-state index in [-0.39, 0.29) is 43.6 Å².